The minimum absolute atomic E-state index is 0.000343. The Kier molecular flexibility index (Phi) is 10.2. The van der Waals surface area contributed by atoms with Crippen molar-refractivity contribution in [1.82, 2.24) is 34.9 Å². The van der Waals surface area contributed by atoms with E-state index in [-0.39, 0.29) is 35.9 Å². The summed E-state index contributed by atoms with van der Waals surface area (Å²) in [6.07, 6.45) is 4.34. The number of rotatable bonds is 11. The van der Waals surface area contributed by atoms with Gasteiger partial charge < -0.3 is 15.4 Å². The number of hydrogen-bond donors (Lipinski definition) is 2. The highest BCUT2D eigenvalue weighted by Gasteiger charge is 2.47. The summed E-state index contributed by atoms with van der Waals surface area (Å²) in [5.74, 6) is -1.38. The molecule has 0 aliphatic carbocycles. The Bertz CT molecular complexity index is 2360. The molecular formula is C40H37FN8O6S. The Hall–Kier alpha value is -6.16. The number of benzene rings is 3. The van der Waals surface area contributed by atoms with Gasteiger partial charge in [0.05, 0.1) is 22.6 Å². The predicted molar refractivity (Wildman–Crippen MR) is 204 cm³/mol. The molecule has 2 saturated heterocycles. The standard InChI is InChI=1S/C40H37FN8O6S/c41-27-13-15-29(33-32(27)39(53)48(40(33)54)28-14-16-30(50)45-38(28)52)56-21-5-4-8-31(51)47-19-17-24(18-20-47)49-37-34(36(42)43-22-44-37)35(46-49)23-9-11-26(12-10-23)55-25-6-2-1-3-7-25/h1-3,6-7,9-13,15,22,24,28H,4-5,8,14,16-21H2,(H2,42,43,44)(H,45,50,52). The molecule has 3 aromatic carbocycles. The number of amides is 5. The molecule has 8 rings (SSSR count). The quantitative estimate of drug-likeness (QED) is 0.0977. The summed E-state index contributed by atoms with van der Waals surface area (Å²) in [5, 5.41) is 7.81. The Morgan fingerprint density at radius 1 is 0.893 bits per heavy atom. The van der Waals surface area contributed by atoms with Crippen LogP contribution in [0.1, 0.15) is 71.7 Å². The van der Waals surface area contributed by atoms with Gasteiger partial charge in [-0.05, 0) is 86.4 Å². The van der Waals surface area contributed by atoms with E-state index in [1.165, 1.54) is 24.2 Å². The lowest BCUT2D eigenvalue weighted by Gasteiger charge is -2.32. The molecule has 3 aliphatic heterocycles. The van der Waals surface area contributed by atoms with Crippen LogP contribution < -0.4 is 15.8 Å². The van der Waals surface area contributed by atoms with Crippen LogP contribution in [0.2, 0.25) is 0 Å². The summed E-state index contributed by atoms with van der Waals surface area (Å²) in [6.45, 7) is 1.12. The number of likely N-dealkylation sites (tertiary alicyclic amines) is 1. The van der Waals surface area contributed by atoms with E-state index >= 15 is 0 Å². The Morgan fingerprint density at radius 3 is 2.38 bits per heavy atom. The van der Waals surface area contributed by atoms with E-state index in [4.69, 9.17) is 15.6 Å². The molecule has 2 fully saturated rings. The first kappa shape index (κ1) is 36.8. The molecule has 286 valence electrons. The summed E-state index contributed by atoms with van der Waals surface area (Å²) in [6, 6.07) is 18.6. The molecule has 3 N–H and O–H groups in total. The lowest BCUT2D eigenvalue weighted by atomic mass is 10.0. The molecule has 5 aromatic rings. The number of unbranched alkanes of at least 4 members (excludes halogenated alkanes) is 1. The van der Waals surface area contributed by atoms with E-state index < -0.39 is 35.5 Å². The van der Waals surface area contributed by atoms with Gasteiger partial charge in [0.2, 0.25) is 17.7 Å². The fourth-order valence-electron chi connectivity index (χ4n) is 7.48. The van der Waals surface area contributed by atoms with Crippen molar-refractivity contribution in [2.45, 2.75) is 61.9 Å². The van der Waals surface area contributed by atoms with Crippen molar-refractivity contribution < 1.29 is 33.1 Å². The smallest absolute Gasteiger partial charge is 0.265 e. The maximum Gasteiger partial charge on any atom is 0.265 e. The summed E-state index contributed by atoms with van der Waals surface area (Å²) < 4.78 is 22.7. The van der Waals surface area contributed by atoms with Crippen molar-refractivity contribution >= 4 is 58.1 Å². The van der Waals surface area contributed by atoms with Gasteiger partial charge in [0.25, 0.3) is 11.8 Å². The number of nitrogen functional groups attached to an aromatic ring is 1. The van der Waals surface area contributed by atoms with Crippen LogP contribution in [-0.4, -0.2) is 84.0 Å². The first-order valence-electron chi connectivity index (χ1n) is 18.4. The van der Waals surface area contributed by atoms with Gasteiger partial charge in [-0.25, -0.2) is 19.0 Å². The molecule has 0 radical (unpaired) electrons. The molecule has 0 spiro atoms. The highest BCUT2D eigenvalue weighted by atomic mass is 32.2. The fraction of sp³-hybridized carbons (Fsp3) is 0.300. The number of thioether (sulfide) groups is 1. The predicted octanol–water partition coefficient (Wildman–Crippen LogP) is 5.53. The van der Waals surface area contributed by atoms with Crippen LogP contribution >= 0.6 is 11.8 Å². The van der Waals surface area contributed by atoms with E-state index in [2.05, 4.69) is 15.3 Å². The van der Waals surface area contributed by atoms with Crippen LogP contribution in [0, 0.1) is 5.82 Å². The third-order valence-corrected chi connectivity index (χ3v) is 11.5. The number of para-hydroxylation sites is 1. The minimum Gasteiger partial charge on any atom is -0.457 e. The number of imide groups is 2. The number of aromatic nitrogens is 4. The topological polar surface area (TPSA) is 183 Å². The molecule has 1 unspecified atom stereocenters. The normalized spacial score (nSPS) is 17.4. The molecule has 56 heavy (non-hydrogen) atoms. The fourth-order valence-corrected chi connectivity index (χ4v) is 8.55. The number of hydrogen-bond acceptors (Lipinski definition) is 11. The Balaban J connectivity index is 0.852. The molecular weight excluding hydrogens is 740 g/mol. The lowest BCUT2D eigenvalue weighted by molar-refractivity contribution is -0.136. The minimum atomic E-state index is -1.18. The largest absolute Gasteiger partial charge is 0.457 e. The van der Waals surface area contributed by atoms with Gasteiger partial charge in [0.15, 0.2) is 5.65 Å². The zero-order valence-corrected chi connectivity index (χ0v) is 31.0. The molecule has 1 atom stereocenters. The van der Waals surface area contributed by atoms with Crippen LogP contribution in [0.15, 0.2) is 78.0 Å². The Labute approximate surface area is 324 Å². The first-order chi connectivity index (χ1) is 27.2. The van der Waals surface area contributed by atoms with Crippen LogP contribution in [0.3, 0.4) is 0 Å². The highest BCUT2D eigenvalue weighted by molar-refractivity contribution is 7.99. The van der Waals surface area contributed by atoms with E-state index in [0.29, 0.717) is 84.1 Å². The summed E-state index contributed by atoms with van der Waals surface area (Å²) in [5.41, 5.74) is 8.10. The maximum absolute atomic E-state index is 14.8. The van der Waals surface area contributed by atoms with Crippen LogP contribution in [-0.2, 0) is 14.4 Å². The summed E-state index contributed by atoms with van der Waals surface area (Å²) >= 11 is 1.30. The molecule has 16 heteroatoms. The van der Waals surface area contributed by atoms with Crippen LogP contribution in [0.4, 0.5) is 10.2 Å². The summed E-state index contributed by atoms with van der Waals surface area (Å²) in [7, 11) is 0. The molecule has 5 heterocycles. The van der Waals surface area contributed by atoms with E-state index in [0.717, 1.165) is 22.3 Å². The third kappa shape index (κ3) is 7.07. The molecule has 14 nitrogen and oxygen atoms in total. The number of ether oxygens (including phenoxy) is 1. The number of carbonyl (C=O) groups is 5. The zero-order valence-electron chi connectivity index (χ0n) is 30.2. The van der Waals surface area contributed by atoms with Gasteiger partial charge in [-0.15, -0.1) is 11.8 Å². The monoisotopic (exact) mass is 776 g/mol. The number of anilines is 1. The van der Waals surface area contributed by atoms with Gasteiger partial charge in [0, 0.05) is 36.4 Å². The molecule has 0 saturated carbocycles. The van der Waals surface area contributed by atoms with E-state index in [1.54, 1.807) is 0 Å². The lowest BCUT2D eigenvalue weighted by Crippen LogP contribution is -2.54. The highest BCUT2D eigenvalue weighted by Crippen LogP contribution is 2.38. The molecule has 5 amide bonds. The van der Waals surface area contributed by atoms with Crippen molar-refractivity contribution in [3.63, 3.8) is 0 Å². The van der Waals surface area contributed by atoms with Crippen molar-refractivity contribution in [3.05, 3.63) is 90.0 Å². The molecule has 0 bridgehead atoms. The molecule has 3 aliphatic rings. The van der Waals surface area contributed by atoms with Crippen LogP contribution in [0.25, 0.3) is 22.3 Å². The number of halogens is 1. The average molecular weight is 777 g/mol. The van der Waals surface area contributed by atoms with Crippen LogP contribution in [0.5, 0.6) is 11.5 Å². The van der Waals surface area contributed by atoms with Crippen molar-refractivity contribution in [2.24, 2.45) is 0 Å². The summed E-state index contributed by atoms with van der Waals surface area (Å²) in [4.78, 5) is 75.6. The number of piperidine rings is 2. The Morgan fingerprint density at radius 2 is 1.62 bits per heavy atom. The first-order valence-corrected chi connectivity index (χ1v) is 19.4. The van der Waals surface area contributed by atoms with Gasteiger partial charge in [-0.1, -0.05) is 18.2 Å². The number of nitrogens with one attached hydrogen (secondary N) is 1. The van der Waals surface area contributed by atoms with Gasteiger partial charge in [-0.3, -0.25) is 34.2 Å². The second kappa shape index (κ2) is 15.5. The average Bonchev–Trinajstić information content (AvgIpc) is 3.72. The second-order valence-corrected chi connectivity index (χ2v) is 15.0. The zero-order chi connectivity index (χ0) is 38.9. The number of nitrogens with zero attached hydrogens (tertiary/aromatic N) is 6. The van der Waals surface area contributed by atoms with E-state index in [9.17, 15) is 28.4 Å². The molecule has 2 aromatic heterocycles. The van der Waals surface area contributed by atoms with Crippen molar-refractivity contribution in [1.29, 1.82) is 0 Å². The third-order valence-electron chi connectivity index (χ3n) is 10.3. The van der Waals surface area contributed by atoms with E-state index in [1.807, 2.05) is 64.2 Å². The maximum atomic E-state index is 14.8. The van der Waals surface area contributed by atoms with Gasteiger partial charge >= 0.3 is 0 Å². The van der Waals surface area contributed by atoms with Crippen molar-refractivity contribution in [2.75, 3.05) is 24.6 Å². The number of carbonyl (C=O) groups excluding carboxylic acids is 5. The number of fused-ring (bicyclic) bond motifs is 2. The second-order valence-electron chi connectivity index (χ2n) is 13.9. The number of nitrogens with two attached hydrogens (primary N) is 1. The SMILES string of the molecule is Nc1ncnc2c1c(-c1ccc(Oc3ccccc3)cc1)nn2C1CCN(C(=O)CCCCSc2ccc(F)c3c2C(=O)N(C2CCC(=O)NC2=O)C3=O)CC1. The van der Waals surface area contributed by atoms with Gasteiger partial charge in [-0.2, -0.15) is 5.10 Å². The van der Waals surface area contributed by atoms with Crippen molar-refractivity contribution in [3.8, 4) is 22.8 Å². The van der Waals surface area contributed by atoms with Gasteiger partial charge in [0.1, 0.15) is 41.2 Å².